The van der Waals surface area contributed by atoms with Crippen LogP contribution in [0.4, 0.5) is 5.69 Å². The Hall–Kier alpha value is -2.64. The summed E-state index contributed by atoms with van der Waals surface area (Å²) in [5.74, 6) is 0.423. The standard InChI is InChI=1S/C18H16ClN3O3S/c1-12-10-13(2)21-18(20-12)25-16-5-3-4-15(11-16)22-26(23,24)17-8-6-14(19)7-9-17/h3-11,22H,1-2H3. The molecular weight excluding hydrogens is 374 g/mol. The molecular formula is C18H16ClN3O3S. The third-order valence-corrected chi connectivity index (χ3v) is 5.03. The van der Waals surface area contributed by atoms with Crippen molar-refractivity contribution in [1.29, 1.82) is 0 Å². The van der Waals surface area contributed by atoms with Crippen molar-refractivity contribution < 1.29 is 13.2 Å². The molecule has 3 aromatic rings. The molecule has 6 nitrogen and oxygen atoms in total. The molecule has 0 aliphatic heterocycles. The Bertz CT molecular complexity index is 1020. The average molecular weight is 390 g/mol. The van der Waals surface area contributed by atoms with Crippen LogP contribution in [0.1, 0.15) is 11.4 Å². The highest BCUT2D eigenvalue weighted by Crippen LogP contribution is 2.24. The van der Waals surface area contributed by atoms with Crippen molar-refractivity contribution in [3.8, 4) is 11.8 Å². The quantitative estimate of drug-likeness (QED) is 0.701. The number of aromatic nitrogens is 2. The van der Waals surface area contributed by atoms with E-state index < -0.39 is 10.0 Å². The second-order valence-corrected chi connectivity index (χ2v) is 7.74. The average Bonchev–Trinajstić information content (AvgIpc) is 2.54. The summed E-state index contributed by atoms with van der Waals surface area (Å²) in [7, 11) is -3.73. The summed E-state index contributed by atoms with van der Waals surface area (Å²) in [5, 5.41) is 0.466. The van der Waals surface area contributed by atoms with E-state index in [0.717, 1.165) is 11.4 Å². The van der Waals surface area contributed by atoms with Crippen molar-refractivity contribution in [2.75, 3.05) is 4.72 Å². The Morgan fingerprint density at radius 3 is 2.27 bits per heavy atom. The van der Waals surface area contributed by atoms with Crippen LogP contribution in [0.25, 0.3) is 0 Å². The van der Waals surface area contributed by atoms with Gasteiger partial charge in [-0.15, -0.1) is 0 Å². The van der Waals surface area contributed by atoms with E-state index in [0.29, 0.717) is 16.5 Å². The van der Waals surface area contributed by atoms with Gasteiger partial charge in [0, 0.05) is 22.5 Å². The van der Waals surface area contributed by atoms with Crippen LogP contribution in [0.2, 0.25) is 5.02 Å². The van der Waals surface area contributed by atoms with Gasteiger partial charge in [-0.3, -0.25) is 4.72 Å². The molecule has 1 N–H and O–H groups in total. The van der Waals surface area contributed by atoms with Crippen molar-refractivity contribution in [3.63, 3.8) is 0 Å². The topological polar surface area (TPSA) is 81.2 Å². The summed E-state index contributed by atoms with van der Waals surface area (Å²) in [5.41, 5.74) is 1.93. The van der Waals surface area contributed by atoms with Gasteiger partial charge >= 0.3 is 6.01 Å². The molecule has 8 heteroatoms. The second-order valence-electron chi connectivity index (χ2n) is 5.62. The smallest absolute Gasteiger partial charge is 0.322 e. The molecule has 0 aliphatic carbocycles. The number of sulfonamides is 1. The number of nitrogens with one attached hydrogen (secondary N) is 1. The molecule has 0 saturated carbocycles. The lowest BCUT2D eigenvalue weighted by atomic mass is 10.3. The largest absolute Gasteiger partial charge is 0.424 e. The number of nitrogens with zero attached hydrogens (tertiary/aromatic N) is 2. The van der Waals surface area contributed by atoms with Crippen LogP contribution in [0, 0.1) is 13.8 Å². The second kappa shape index (κ2) is 7.31. The van der Waals surface area contributed by atoms with Gasteiger partial charge in [0.1, 0.15) is 5.75 Å². The van der Waals surface area contributed by atoms with Gasteiger partial charge < -0.3 is 4.74 Å². The zero-order chi connectivity index (χ0) is 18.7. The van der Waals surface area contributed by atoms with Crippen LogP contribution in [-0.2, 0) is 10.0 Å². The molecule has 0 spiro atoms. The van der Waals surface area contributed by atoms with Crippen LogP contribution in [0.5, 0.6) is 11.8 Å². The first kappa shape index (κ1) is 18.2. The van der Waals surface area contributed by atoms with Gasteiger partial charge in [-0.25, -0.2) is 18.4 Å². The van der Waals surface area contributed by atoms with Gasteiger partial charge in [-0.05, 0) is 56.3 Å². The first-order chi connectivity index (χ1) is 12.3. The number of halogens is 1. The summed E-state index contributed by atoms with van der Waals surface area (Å²) < 4.78 is 33.1. The van der Waals surface area contributed by atoms with Gasteiger partial charge in [-0.2, -0.15) is 0 Å². The van der Waals surface area contributed by atoms with E-state index >= 15 is 0 Å². The highest BCUT2D eigenvalue weighted by molar-refractivity contribution is 7.92. The van der Waals surface area contributed by atoms with Crippen LogP contribution in [0.15, 0.2) is 59.5 Å². The van der Waals surface area contributed by atoms with E-state index in [2.05, 4.69) is 14.7 Å². The van der Waals surface area contributed by atoms with Crippen LogP contribution in [0.3, 0.4) is 0 Å². The Kier molecular flexibility index (Phi) is 5.11. The van der Waals surface area contributed by atoms with Crippen molar-refractivity contribution in [2.45, 2.75) is 18.7 Å². The van der Waals surface area contributed by atoms with Gasteiger partial charge in [0.15, 0.2) is 0 Å². The molecule has 0 unspecified atom stereocenters. The molecule has 134 valence electrons. The van der Waals surface area contributed by atoms with E-state index in [1.54, 1.807) is 24.3 Å². The number of hydrogen-bond donors (Lipinski definition) is 1. The number of rotatable bonds is 5. The minimum atomic E-state index is -3.73. The minimum absolute atomic E-state index is 0.117. The highest BCUT2D eigenvalue weighted by Gasteiger charge is 2.14. The summed E-state index contributed by atoms with van der Waals surface area (Å²) in [6.07, 6.45) is 0. The third-order valence-electron chi connectivity index (χ3n) is 3.38. The molecule has 0 amide bonds. The maximum atomic E-state index is 12.5. The van der Waals surface area contributed by atoms with Crippen molar-refractivity contribution in [3.05, 3.63) is 71.0 Å². The molecule has 0 atom stereocenters. The molecule has 0 fully saturated rings. The minimum Gasteiger partial charge on any atom is -0.424 e. The maximum absolute atomic E-state index is 12.5. The number of anilines is 1. The lowest BCUT2D eigenvalue weighted by Gasteiger charge is -2.10. The maximum Gasteiger partial charge on any atom is 0.322 e. The van der Waals surface area contributed by atoms with E-state index in [-0.39, 0.29) is 10.9 Å². The molecule has 0 saturated heterocycles. The highest BCUT2D eigenvalue weighted by atomic mass is 35.5. The fourth-order valence-corrected chi connectivity index (χ4v) is 3.47. The van der Waals surface area contributed by atoms with Crippen LogP contribution >= 0.6 is 11.6 Å². The predicted molar refractivity (Wildman–Crippen MR) is 100 cm³/mol. The molecule has 3 rings (SSSR count). The monoisotopic (exact) mass is 389 g/mol. The summed E-state index contributed by atoms with van der Waals surface area (Å²) >= 11 is 5.80. The van der Waals surface area contributed by atoms with Gasteiger partial charge in [0.2, 0.25) is 0 Å². The molecule has 1 aromatic heterocycles. The Morgan fingerprint density at radius 2 is 1.62 bits per heavy atom. The number of ether oxygens (including phenoxy) is 1. The lowest BCUT2D eigenvalue weighted by Crippen LogP contribution is -2.12. The number of benzene rings is 2. The predicted octanol–water partition coefficient (Wildman–Crippen LogP) is 4.34. The molecule has 0 bridgehead atoms. The van der Waals surface area contributed by atoms with Gasteiger partial charge in [0.05, 0.1) is 10.6 Å². The molecule has 0 aliphatic rings. The zero-order valence-electron chi connectivity index (χ0n) is 14.1. The first-order valence-corrected chi connectivity index (χ1v) is 9.56. The fraction of sp³-hybridized carbons (Fsp3) is 0.111. The summed E-state index contributed by atoms with van der Waals surface area (Å²) in [6, 6.07) is 14.5. The van der Waals surface area contributed by atoms with Gasteiger partial charge in [0.25, 0.3) is 10.0 Å². The zero-order valence-corrected chi connectivity index (χ0v) is 15.7. The van der Waals surface area contributed by atoms with E-state index in [1.807, 2.05) is 19.9 Å². The van der Waals surface area contributed by atoms with E-state index in [1.165, 1.54) is 24.3 Å². The van der Waals surface area contributed by atoms with Crippen LogP contribution in [-0.4, -0.2) is 18.4 Å². The number of aryl methyl sites for hydroxylation is 2. The number of hydrogen-bond acceptors (Lipinski definition) is 5. The summed E-state index contributed by atoms with van der Waals surface area (Å²) in [6.45, 7) is 3.69. The normalized spacial score (nSPS) is 11.2. The van der Waals surface area contributed by atoms with Crippen molar-refractivity contribution >= 4 is 27.3 Å². The molecule has 1 heterocycles. The third kappa shape index (κ3) is 4.50. The Morgan fingerprint density at radius 1 is 0.962 bits per heavy atom. The van der Waals surface area contributed by atoms with E-state index in [9.17, 15) is 8.42 Å². The molecule has 0 radical (unpaired) electrons. The van der Waals surface area contributed by atoms with E-state index in [4.69, 9.17) is 16.3 Å². The molecule has 2 aromatic carbocycles. The Balaban J connectivity index is 1.82. The van der Waals surface area contributed by atoms with Crippen molar-refractivity contribution in [1.82, 2.24) is 9.97 Å². The van der Waals surface area contributed by atoms with Crippen LogP contribution < -0.4 is 9.46 Å². The fourth-order valence-electron chi connectivity index (χ4n) is 2.30. The first-order valence-electron chi connectivity index (χ1n) is 7.70. The van der Waals surface area contributed by atoms with Crippen molar-refractivity contribution in [2.24, 2.45) is 0 Å². The lowest BCUT2D eigenvalue weighted by molar-refractivity contribution is 0.439. The Labute approximate surface area is 156 Å². The molecule has 26 heavy (non-hydrogen) atoms. The summed E-state index contributed by atoms with van der Waals surface area (Å²) in [4.78, 5) is 8.53. The van der Waals surface area contributed by atoms with Gasteiger partial charge in [-0.1, -0.05) is 17.7 Å². The SMILES string of the molecule is Cc1cc(C)nc(Oc2cccc(NS(=O)(=O)c3ccc(Cl)cc3)c2)n1.